The van der Waals surface area contributed by atoms with Crippen LogP contribution in [0.1, 0.15) is 33.1 Å². The highest BCUT2D eigenvalue weighted by Gasteiger charge is 2.03. The van der Waals surface area contributed by atoms with Crippen molar-refractivity contribution in [3.8, 4) is 0 Å². The summed E-state index contributed by atoms with van der Waals surface area (Å²) in [5.74, 6) is 0.536. The van der Waals surface area contributed by atoms with E-state index < -0.39 is 10.0 Å². The summed E-state index contributed by atoms with van der Waals surface area (Å²) in [6, 6.07) is 0. The van der Waals surface area contributed by atoms with Crippen molar-refractivity contribution in [2.24, 2.45) is 10.7 Å². The van der Waals surface area contributed by atoms with E-state index in [1.54, 1.807) is 6.92 Å². The van der Waals surface area contributed by atoms with Gasteiger partial charge in [-0.25, -0.2) is 13.1 Å². The van der Waals surface area contributed by atoms with Crippen molar-refractivity contribution in [3.05, 3.63) is 0 Å². The van der Waals surface area contributed by atoms with Crippen LogP contribution in [0.15, 0.2) is 4.99 Å². The lowest BCUT2D eigenvalue weighted by Gasteiger charge is -2.05. The van der Waals surface area contributed by atoms with Crippen LogP contribution in [0.25, 0.3) is 0 Å². The average molecular weight is 392 g/mol. The number of sulfonamides is 1. The van der Waals surface area contributed by atoms with Gasteiger partial charge in [-0.05, 0) is 19.8 Å². The quantitative estimate of drug-likeness (QED) is 0.232. The Morgan fingerprint density at radius 1 is 1.22 bits per heavy atom. The van der Waals surface area contributed by atoms with Crippen LogP contribution in [0.5, 0.6) is 0 Å². The molecule has 0 aromatic carbocycles. The lowest BCUT2D eigenvalue weighted by molar-refractivity contribution is 0.581. The fourth-order valence-electron chi connectivity index (χ4n) is 1.06. The van der Waals surface area contributed by atoms with Gasteiger partial charge in [-0.1, -0.05) is 13.3 Å². The van der Waals surface area contributed by atoms with Crippen molar-refractivity contribution in [1.29, 1.82) is 0 Å². The van der Waals surface area contributed by atoms with E-state index >= 15 is 0 Å². The molecule has 0 saturated carbocycles. The number of halogens is 1. The minimum absolute atomic E-state index is 0. The van der Waals surface area contributed by atoms with Crippen LogP contribution in [0.3, 0.4) is 0 Å². The Balaban J connectivity index is 0. The molecule has 0 unspecified atom stereocenters. The first-order valence-corrected chi connectivity index (χ1v) is 7.68. The Bertz CT molecular complexity index is 320. The van der Waals surface area contributed by atoms with Crippen LogP contribution in [0.2, 0.25) is 0 Å². The zero-order chi connectivity index (χ0) is 13.1. The highest BCUT2D eigenvalue weighted by Crippen LogP contribution is 1.86. The Hall–Kier alpha value is -0.0900. The lowest BCUT2D eigenvalue weighted by Crippen LogP contribution is -2.32. The molecule has 0 rings (SSSR count). The molecule has 0 fully saturated rings. The van der Waals surface area contributed by atoms with Gasteiger partial charge >= 0.3 is 0 Å². The molecule has 110 valence electrons. The van der Waals surface area contributed by atoms with E-state index in [2.05, 4.69) is 22.0 Å². The molecular weight excluding hydrogens is 367 g/mol. The maximum absolute atomic E-state index is 11.1. The molecule has 18 heavy (non-hydrogen) atoms. The average Bonchev–Trinajstić information content (AvgIpc) is 2.29. The number of rotatable bonds is 9. The SMILES string of the molecule is CCCCNC(N)=NCCCNS(=O)(=O)CC.I. The van der Waals surface area contributed by atoms with E-state index in [-0.39, 0.29) is 29.7 Å². The highest BCUT2D eigenvalue weighted by molar-refractivity contribution is 14.0. The molecule has 0 heterocycles. The molecule has 0 aromatic heterocycles. The molecular formula is C10H25IN4O2S. The van der Waals surface area contributed by atoms with E-state index in [0.29, 0.717) is 25.5 Å². The van der Waals surface area contributed by atoms with Gasteiger partial charge in [-0.3, -0.25) is 4.99 Å². The van der Waals surface area contributed by atoms with Crippen molar-refractivity contribution in [2.75, 3.05) is 25.4 Å². The normalized spacial score (nSPS) is 12.0. The topological polar surface area (TPSA) is 96.6 Å². The highest BCUT2D eigenvalue weighted by atomic mass is 127. The van der Waals surface area contributed by atoms with Crippen LogP contribution in [0, 0.1) is 0 Å². The van der Waals surface area contributed by atoms with Crippen molar-refractivity contribution >= 4 is 40.0 Å². The molecule has 0 atom stereocenters. The predicted octanol–water partition coefficient (Wildman–Crippen LogP) is 0.638. The molecule has 0 radical (unpaired) electrons. The number of aliphatic imine (C=N–C) groups is 1. The fourth-order valence-corrected chi connectivity index (χ4v) is 1.72. The molecule has 0 aliphatic heterocycles. The van der Waals surface area contributed by atoms with Crippen LogP contribution >= 0.6 is 24.0 Å². The number of nitrogens with zero attached hydrogens (tertiary/aromatic N) is 1. The smallest absolute Gasteiger partial charge is 0.211 e. The van der Waals surface area contributed by atoms with Gasteiger partial charge in [0, 0.05) is 19.6 Å². The summed E-state index contributed by atoms with van der Waals surface area (Å²) in [7, 11) is -3.08. The molecule has 6 nitrogen and oxygen atoms in total. The van der Waals surface area contributed by atoms with E-state index in [4.69, 9.17) is 5.73 Å². The summed E-state index contributed by atoms with van der Waals surface area (Å²) >= 11 is 0. The number of nitrogens with one attached hydrogen (secondary N) is 2. The molecule has 0 amide bonds. The summed E-state index contributed by atoms with van der Waals surface area (Å²) < 4.78 is 24.6. The number of guanidine groups is 1. The van der Waals surface area contributed by atoms with E-state index in [9.17, 15) is 8.42 Å². The summed E-state index contributed by atoms with van der Waals surface area (Å²) in [6.45, 7) is 5.47. The molecule has 4 N–H and O–H groups in total. The van der Waals surface area contributed by atoms with Crippen LogP contribution in [-0.2, 0) is 10.0 Å². The van der Waals surface area contributed by atoms with E-state index in [1.165, 1.54) is 0 Å². The second-order valence-electron chi connectivity index (χ2n) is 3.70. The van der Waals surface area contributed by atoms with Crippen molar-refractivity contribution < 1.29 is 8.42 Å². The minimum Gasteiger partial charge on any atom is -0.370 e. The van der Waals surface area contributed by atoms with Crippen LogP contribution in [0.4, 0.5) is 0 Å². The van der Waals surface area contributed by atoms with E-state index in [1.807, 2.05) is 0 Å². The van der Waals surface area contributed by atoms with Gasteiger partial charge in [0.15, 0.2) is 5.96 Å². The second-order valence-corrected chi connectivity index (χ2v) is 5.79. The Morgan fingerprint density at radius 2 is 1.89 bits per heavy atom. The standard InChI is InChI=1S/C10H24N4O2S.HI/c1-3-5-7-12-10(11)13-8-6-9-14-17(15,16)4-2;/h14H,3-9H2,1-2H3,(H3,11,12,13);1H. The summed E-state index contributed by atoms with van der Waals surface area (Å²) in [4.78, 5) is 4.09. The molecule has 0 spiro atoms. The van der Waals surface area contributed by atoms with Gasteiger partial charge in [0.05, 0.1) is 5.75 Å². The van der Waals surface area contributed by atoms with Gasteiger partial charge in [-0.2, -0.15) is 0 Å². The van der Waals surface area contributed by atoms with Gasteiger partial charge in [0.25, 0.3) is 0 Å². The van der Waals surface area contributed by atoms with Crippen molar-refractivity contribution in [3.63, 3.8) is 0 Å². The fraction of sp³-hybridized carbons (Fsp3) is 0.900. The maximum atomic E-state index is 11.1. The number of hydrogen-bond donors (Lipinski definition) is 3. The molecule has 0 aliphatic carbocycles. The van der Waals surface area contributed by atoms with Gasteiger partial charge in [0.1, 0.15) is 0 Å². The molecule has 0 bridgehead atoms. The summed E-state index contributed by atoms with van der Waals surface area (Å²) in [5.41, 5.74) is 5.61. The zero-order valence-electron chi connectivity index (χ0n) is 11.1. The number of nitrogens with two attached hydrogens (primary N) is 1. The largest absolute Gasteiger partial charge is 0.370 e. The maximum Gasteiger partial charge on any atom is 0.211 e. The van der Waals surface area contributed by atoms with Crippen molar-refractivity contribution in [2.45, 2.75) is 33.1 Å². The third kappa shape index (κ3) is 12.4. The van der Waals surface area contributed by atoms with Gasteiger partial charge in [-0.15, -0.1) is 24.0 Å². The van der Waals surface area contributed by atoms with Crippen LogP contribution in [-0.4, -0.2) is 39.8 Å². The Labute approximate surface area is 127 Å². The molecule has 8 heteroatoms. The molecule has 0 saturated heterocycles. The second kappa shape index (κ2) is 12.0. The predicted molar refractivity (Wildman–Crippen MR) is 86.9 cm³/mol. The van der Waals surface area contributed by atoms with Gasteiger partial charge in [0.2, 0.25) is 10.0 Å². The Morgan fingerprint density at radius 3 is 2.44 bits per heavy atom. The van der Waals surface area contributed by atoms with Gasteiger partial charge < -0.3 is 11.1 Å². The monoisotopic (exact) mass is 392 g/mol. The van der Waals surface area contributed by atoms with E-state index in [0.717, 1.165) is 19.4 Å². The summed E-state index contributed by atoms with van der Waals surface area (Å²) in [6.07, 6.45) is 2.82. The first-order valence-electron chi connectivity index (χ1n) is 6.03. The third-order valence-electron chi connectivity index (χ3n) is 2.16. The molecule has 0 aliphatic rings. The summed E-state index contributed by atoms with van der Waals surface area (Å²) in [5, 5.41) is 2.99. The first-order chi connectivity index (χ1) is 8.02. The third-order valence-corrected chi connectivity index (χ3v) is 3.56. The minimum atomic E-state index is -3.08. The molecule has 0 aromatic rings. The number of unbranched alkanes of at least 4 members (excludes halogenated alkanes) is 1. The lowest BCUT2D eigenvalue weighted by atomic mass is 10.3. The Kier molecular flexibility index (Phi) is 13.5. The zero-order valence-corrected chi connectivity index (χ0v) is 14.3. The number of hydrogen-bond acceptors (Lipinski definition) is 3. The van der Waals surface area contributed by atoms with Crippen LogP contribution < -0.4 is 15.8 Å². The first kappa shape index (κ1) is 20.2. The van der Waals surface area contributed by atoms with Crippen molar-refractivity contribution in [1.82, 2.24) is 10.0 Å².